The third-order valence-corrected chi connectivity index (χ3v) is 3.06. The second kappa shape index (κ2) is 4.29. The van der Waals surface area contributed by atoms with E-state index in [-0.39, 0.29) is 5.76 Å². The van der Waals surface area contributed by atoms with E-state index in [0.29, 0.717) is 11.6 Å². The van der Waals surface area contributed by atoms with E-state index >= 15 is 0 Å². The molecule has 1 aromatic heterocycles. The Kier molecular flexibility index (Phi) is 2.95. The lowest BCUT2D eigenvalue weighted by molar-refractivity contribution is 0.0662. The highest BCUT2D eigenvalue weighted by molar-refractivity contribution is 5.86. The summed E-state index contributed by atoms with van der Waals surface area (Å²) in [4.78, 5) is 15.1. The summed E-state index contributed by atoms with van der Waals surface area (Å²) in [7, 11) is 0. The number of carboxylic acid groups (broad SMARTS) is 1. The molecule has 0 aliphatic rings. The lowest BCUT2D eigenvalue weighted by Gasteiger charge is -2.06. The minimum atomic E-state index is -1.09. The quantitative estimate of drug-likeness (QED) is 0.881. The fourth-order valence-corrected chi connectivity index (χ4v) is 1.90. The number of benzene rings is 1. The molecule has 0 aliphatic carbocycles. The summed E-state index contributed by atoms with van der Waals surface area (Å²) in [5.41, 5.74) is 4.58. The number of hydrogen-bond donors (Lipinski definition) is 1. The molecule has 1 heterocycles. The van der Waals surface area contributed by atoms with Crippen molar-refractivity contribution in [2.24, 2.45) is 0 Å². The van der Waals surface area contributed by atoms with E-state index in [2.05, 4.69) is 4.98 Å². The van der Waals surface area contributed by atoms with Crippen LogP contribution < -0.4 is 0 Å². The first-order valence-corrected chi connectivity index (χ1v) is 5.69. The molecule has 18 heavy (non-hydrogen) atoms. The van der Waals surface area contributed by atoms with Crippen LogP contribution in [-0.2, 0) is 0 Å². The Labute approximate surface area is 105 Å². The molecule has 2 aromatic rings. The van der Waals surface area contributed by atoms with Gasteiger partial charge >= 0.3 is 5.97 Å². The van der Waals surface area contributed by atoms with E-state index in [4.69, 9.17) is 9.52 Å². The second-order valence-electron chi connectivity index (χ2n) is 4.49. The molecule has 0 atom stereocenters. The van der Waals surface area contributed by atoms with Gasteiger partial charge in [-0.1, -0.05) is 6.07 Å². The molecule has 0 aliphatic heterocycles. The molecule has 2 rings (SSSR count). The SMILES string of the molecule is Cc1cc(C)c(-c2nc(C)c(C(=O)O)o2)cc1C. The summed E-state index contributed by atoms with van der Waals surface area (Å²) < 4.78 is 5.33. The molecule has 0 bridgehead atoms. The van der Waals surface area contributed by atoms with Gasteiger partial charge in [-0.2, -0.15) is 0 Å². The number of hydrogen-bond acceptors (Lipinski definition) is 3. The van der Waals surface area contributed by atoms with Gasteiger partial charge in [0.2, 0.25) is 11.7 Å². The van der Waals surface area contributed by atoms with Gasteiger partial charge in [-0.05, 0) is 50.5 Å². The third kappa shape index (κ3) is 2.01. The van der Waals surface area contributed by atoms with Gasteiger partial charge in [0.05, 0.1) is 5.69 Å². The zero-order valence-corrected chi connectivity index (χ0v) is 10.9. The van der Waals surface area contributed by atoms with Gasteiger partial charge in [0.15, 0.2) is 0 Å². The Balaban J connectivity index is 2.59. The Morgan fingerprint density at radius 2 is 1.72 bits per heavy atom. The van der Waals surface area contributed by atoms with Gasteiger partial charge in [0.25, 0.3) is 0 Å². The minimum absolute atomic E-state index is 0.0948. The van der Waals surface area contributed by atoms with Crippen molar-refractivity contribution in [3.8, 4) is 11.5 Å². The molecule has 94 valence electrons. The maximum absolute atomic E-state index is 10.9. The van der Waals surface area contributed by atoms with E-state index in [1.54, 1.807) is 6.92 Å². The molecule has 0 unspecified atom stereocenters. The predicted molar refractivity (Wildman–Crippen MR) is 67.8 cm³/mol. The highest BCUT2D eigenvalue weighted by atomic mass is 16.4. The number of rotatable bonds is 2. The van der Waals surface area contributed by atoms with Gasteiger partial charge in [0.1, 0.15) is 0 Å². The average molecular weight is 245 g/mol. The first kappa shape index (κ1) is 12.4. The molecule has 0 amide bonds. The van der Waals surface area contributed by atoms with Crippen molar-refractivity contribution in [3.63, 3.8) is 0 Å². The number of aromatic carboxylic acids is 1. The highest BCUT2D eigenvalue weighted by Gasteiger charge is 2.18. The van der Waals surface area contributed by atoms with Crippen LogP contribution >= 0.6 is 0 Å². The minimum Gasteiger partial charge on any atom is -0.475 e. The number of nitrogens with zero attached hydrogens (tertiary/aromatic N) is 1. The van der Waals surface area contributed by atoms with Crippen molar-refractivity contribution in [1.82, 2.24) is 4.98 Å². The largest absolute Gasteiger partial charge is 0.475 e. The average Bonchev–Trinajstić information content (AvgIpc) is 2.65. The molecule has 4 nitrogen and oxygen atoms in total. The molecule has 0 saturated carbocycles. The Morgan fingerprint density at radius 1 is 1.11 bits per heavy atom. The summed E-state index contributed by atoms with van der Waals surface area (Å²) in [5, 5.41) is 8.96. The van der Waals surface area contributed by atoms with Gasteiger partial charge in [-0.25, -0.2) is 9.78 Å². The predicted octanol–water partition coefficient (Wildman–Crippen LogP) is 3.27. The number of oxazole rings is 1. The molecule has 0 fully saturated rings. The first-order chi connectivity index (χ1) is 8.40. The zero-order valence-electron chi connectivity index (χ0n) is 10.9. The number of carbonyl (C=O) groups is 1. The van der Waals surface area contributed by atoms with Crippen molar-refractivity contribution < 1.29 is 14.3 Å². The molecular formula is C14H15NO3. The van der Waals surface area contributed by atoms with Crippen LogP contribution in [0.2, 0.25) is 0 Å². The highest BCUT2D eigenvalue weighted by Crippen LogP contribution is 2.27. The molecular weight excluding hydrogens is 230 g/mol. The molecule has 0 spiro atoms. The normalized spacial score (nSPS) is 10.7. The summed E-state index contributed by atoms with van der Waals surface area (Å²) in [6.07, 6.45) is 0. The van der Waals surface area contributed by atoms with E-state index in [1.807, 2.05) is 32.9 Å². The lowest BCUT2D eigenvalue weighted by atomic mass is 10.0. The van der Waals surface area contributed by atoms with Crippen molar-refractivity contribution >= 4 is 5.97 Å². The Hall–Kier alpha value is -2.10. The zero-order chi connectivity index (χ0) is 13.4. The molecule has 0 radical (unpaired) electrons. The maximum atomic E-state index is 10.9. The van der Waals surface area contributed by atoms with Gasteiger partial charge in [0, 0.05) is 5.56 Å². The van der Waals surface area contributed by atoms with Crippen molar-refractivity contribution in [3.05, 3.63) is 40.3 Å². The van der Waals surface area contributed by atoms with E-state index in [9.17, 15) is 4.79 Å². The fraction of sp³-hybridized carbons (Fsp3) is 0.286. The number of carboxylic acids is 1. The summed E-state index contributed by atoms with van der Waals surface area (Å²) in [6, 6.07) is 4.02. The topological polar surface area (TPSA) is 63.3 Å². The third-order valence-electron chi connectivity index (χ3n) is 3.06. The van der Waals surface area contributed by atoms with Crippen LogP contribution in [0.1, 0.15) is 32.9 Å². The van der Waals surface area contributed by atoms with Crippen LogP contribution in [0.25, 0.3) is 11.5 Å². The van der Waals surface area contributed by atoms with Gasteiger partial charge in [-0.3, -0.25) is 0 Å². The number of aromatic nitrogens is 1. The van der Waals surface area contributed by atoms with Crippen molar-refractivity contribution in [2.45, 2.75) is 27.7 Å². The van der Waals surface area contributed by atoms with E-state index < -0.39 is 5.97 Å². The fourth-order valence-electron chi connectivity index (χ4n) is 1.90. The molecule has 0 saturated heterocycles. The smallest absolute Gasteiger partial charge is 0.373 e. The van der Waals surface area contributed by atoms with E-state index in [1.165, 1.54) is 5.56 Å². The van der Waals surface area contributed by atoms with E-state index in [0.717, 1.165) is 16.7 Å². The van der Waals surface area contributed by atoms with Crippen LogP contribution in [0.3, 0.4) is 0 Å². The molecule has 1 aromatic carbocycles. The van der Waals surface area contributed by atoms with Crippen LogP contribution in [-0.4, -0.2) is 16.1 Å². The number of aryl methyl sites for hydroxylation is 4. The Morgan fingerprint density at radius 3 is 2.28 bits per heavy atom. The summed E-state index contributed by atoms with van der Waals surface area (Å²) in [5.74, 6) is -0.819. The second-order valence-corrected chi connectivity index (χ2v) is 4.49. The van der Waals surface area contributed by atoms with Gasteiger partial charge < -0.3 is 9.52 Å². The first-order valence-electron chi connectivity index (χ1n) is 5.69. The monoisotopic (exact) mass is 245 g/mol. The summed E-state index contributed by atoms with van der Waals surface area (Å²) in [6.45, 7) is 7.64. The Bertz CT molecular complexity index is 626. The maximum Gasteiger partial charge on any atom is 0.373 e. The van der Waals surface area contributed by atoms with Crippen LogP contribution in [0.15, 0.2) is 16.5 Å². The molecule has 4 heteroatoms. The standard InChI is InChI=1S/C14H15NO3/c1-7-5-9(3)11(6-8(7)2)13-15-10(4)12(18-13)14(16)17/h5-6H,1-4H3,(H,16,17). The van der Waals surface area contributed by atoms with Crippen molar-refractivity contribution in [2.75, 3.05) is 0 Å². The van der Waals surface area contributed by atoms with Crippen molar-refractivity contribution in [1.29, 1.82) is 0 Å². The lowest BCUT2D eigenvalue weighted by Crippen LogP contribution is -1.95. The van der Waals surface area contributed by atoms with Crippen LogP contribution in [0, 0.1) is 27.7 Å². The summed E-state index contributed by atoms with van der Waals surface area (Å²) >= 11 is 0. The van der Waals surface area contributed by atoms with Crippen LogP contribution in [0.5, 0.6) is 0 Å². The van der Waals surface area contributed by atoms with Gasteiger partial charge in [-0.15, -0.1) is 0 Å². The van der Waals surface area contributed by atoms with Crippen LogP contribution in [0.4, 0.5) is 0 Å². The molecule has 1 N–H and O–H groups in total.